The molecular formula is C22H27IN2O2. The average Bonchev–Trinajstić information content (AvgIpc) is 2.65. The molecule has 27 heavy (non-hydrogen) atoms. The molecule has 0 unspecified atom stereocenters. The van der Waals surface area contributed by atoms with E-state index in [0.29, 0.717) is 6.61 Å². The molecule has 4 nitrogen and oxygen atoms in total. The minimum absolute atomic E-state index is 0.0923. The Hall–Kier alpha value is -1.60. The highest BCUT2D eigenvalue weighted by Gasteiger charge is 2.25. The summed E-state index contributed by atoms with van der Waals surface area (Å²) in [4.78, 5) is 15.1. The number of hydrogen-bond acceptors (Lipinski definition) is 3. The topological polar surface area (TPSA) is 41.6 Å². The lowest BCUT2D eigenvalue weighted by molar-refractivity contribution is -0.121. The molecule has 1 saturated heterocycles. The molecule has 0 aliphatic carbocycles. The Morgan fingerprint density at radius 3 is 2.70 bits per heavy atom. The summed E-state index contributed by atoms with van der Waals surface area (Å²) in [5.74, 6) is 1.17. The number of amides is 1. The zero-order valence-corrected chi connectivity index (χ0v) is 18.2. The van der Waals surface area contributed by atoms with Gasteiger partial charge in [0, 0.05) is 21.7 Å². The van der Waals surface area contributed by atoms with Gasteiger partial charge in [0.25, 0.3) is 0 Å². The van der Waals surface area contributed by atoms with E-state index in [1.807, 2.05) is 38.1 Å². The van der Waals surface area contributed by atoms with Crippen LogP contribution in [0.15, 0.2) is 42.5 Å². The van der Waals surface area contributed by atoms with Crippen molar-refractivity contribution >= 4 is 34.2 Å². The molecule has 0 spiro atoms. The second-order valence-corrected chi connectivity index (χ2v) is 8.32. The van der Waals surface area contributed by atoms with Gasteiger partial charge in [0.15, 0.2) is 0 Å². The van der Waals surface area contributed by atoms with Crippen LogP contribution in [-0.2, 0) is 11.3 Å². The number of halogens is 1. The summed E-state index contributed by atoms with van der Waals surface area (Å²) < 4.78 is 6.77. The fourth-order valence-electron chi connectivity index (χ4n) is 3.51. The molecule has 1 aliphatic heterocycles. The third-order valence-electron chi connectivity index (χ3n) is 5.02. The van der Waals surface area contributed by atoms with Crippen LogP contribution in [0.25, 0.3) is 0 Å². The maximum atomic E-state index is 12.6. The molecule has 1 aliphatic rings. The number of benzene rings is 2. The molecule has 5 heteroatoms. The molecule has 0 aromatic heterocycles. The van der Waals surface area contributed by atoms with Gasteiger partial charge in [0.2, 0.25) is 5.91 Å². The van der Waals surface area contributed by atoms with Crippen LogP contribution < -0.4 is 10.1 Å². The average molecular weight is 478 g/mol. The smallest absolute Gasteiger partial charge is 0.227 e. The fraction of sp³-hybridized carbons (Fsp3) is 0.409. The van der Waals surface area contributed by atoms with Crippen molar-refractivity contribution in [3.63, 3.8) is 0 Å². The van der Waals surface area contributed by atoms with Crippen molar-refractivity contribution < 1.29 is 9.53 Å². The number of nitrogens with zero attached hydrogens (tertiary/aromatic N) is 1. The first-order valence-corrected chi connectivity index (χ1v) is 10.6. The Balaban J connectivity index is 1.51. The van der Waals surface area contributed by atoms with Crippen molar-refractivity contribution in [1.82, 2.24) is 4.90 Å². The number of carbonyl (C=O) groups excluding carboxylic acids is 1. The summed E-state index contributed by atoms with van der Waals surface area (Å²) in [6.07, 6.45) is 1.81. The predicted octanol–water partition coefficient (Wildman–Crippen LogP) is 4.85. The van der Waals surface area contributed by atoms with E-state index in [4.69, 9.17) is 4.74 Å². The second-order valence-electron chi connectivity index (χ2n) is 7.08. The number of carbonyl (C=O) groups is 1. The lowest BCUT2D eigenvalue weighted by Crippen LogP contribution is -2.37. The molecule has 0 atom stereocenters. The summed E-state index contributed by atoms with van der Waals surface area (Å²) in [7, 11) is 0. The molecular weight excluding hydrogens is 451 g/mol. The molecule has 2 aromatic carbocycles. The van der Waals surface area contributed by atoms with Gasteiger partial charge < -0.3 is 10.1 Å². The van der Waals surface area contributed by atoms with Gasteiger partial charge in [-0.25, -0.2) is 0 Å². The van der Waals surface area contributed by atoms with Crippen LogP contribution in [0.5, 0.6) is 5.75 Å². The molecule has 1 fully saturated rings. The first kappa shape index (κ1) is 20.1. The monoisotopic (exact) mass is 478 g/mol. The molecule has 1 heterocycles. The number of ether oxygens (including phenoxy) is 1. The maximum absolute atomic E-state index is 12.6. The highest BCUT2D eigenvalue weighted by molar-refractivity contribution is 14.1. The molecule has 0 radical (unpaired) electrons. The van der Waals surface area contributed by atoms with E-state index in [0.717, 1.165) is 49.5 Å². The summed E-state index contributed by atoms with van der Waals surface area (Å²) in [6, 6.07) is 14.4. The van der Waals surface area contributed by atoms with E-state index < -0.39 is 0 Å². The van der Waals surface area contributed by atoms with Crippen LogP contribution in [0.2, 0.25) is 0 Å². The summed E-state index contributed by atoms with van der Waals surface area (Å²) in [5, 5.41) is 3.12. The van der Waals surface area contributed by atoms with Crippen LogP contribution in [0.1, 0.15) is 30.9 Å². The van der Waals surface area contributed by atoms with Crippen molar-refractivity contribution in [2.75, 3.05) is 25.0 Å². The van der Waals surface area contributed by atoms with Gasteiger partial charge in [-0.15, -0.1) is 0 Å². The van der Waals surface area contributed by atoms with Gasteiger partial charge in [-0.1, -0.05) is 12.1 Å². The van der Waals surface area contributed by atoms with Crippen LogP contribution >= 0.6 is 22.6 Å². The van der Waals surface area contributed by atoms with Gasteiger partial charge in [-0.2, -0.15) is 0 Å². The van der Waals surface area contributed by atoms with Crippen molar-refractivity contribution in [2.24, 2.45) is 5.92 Å². The quantitative estimate of drug-likeness (QED) is 0.604. The van der Waals surface area contributed by atoms with E-state index in [1.165, 1.54) is 9.13 Å². The Kier molecular flexibility index (Phi) is 7.13. The van der Waals surface area contributed by atoms with E-state index >= 15 is 0 Å². The fourth-order valence-corrected chi connectivity index (χ4v) is 4.16. The Bertz CT molecular complexity index is 786. The summed E-state index contributed by atoms with van der Waals surface area (Å²) in [5.41, 5.74) is 3.30. The highest BCUT2D eigenvalue weighted by Crippen LogP contribution is 2.24. The Morgan fingerprint density at radius 2 is 2.00 bits per heavy atom. The van der Waals surface area contributed by atoms with E-state index in [1.54, 1.807) is 0 Å². The lowest BCUT2D eigenvalue weighted by atomic mass is 9.95. The number of rotatable bonds is 6. The molecule has 0 saturated carbocycles. The van der Waals surface area contributed by atoms with Crippen LogP contribution in [0, 0.1) is 16.4 Å². The molecule has 3 rings (SSSR count). The number of aryl methyl sites for hydroxylation is 1. The van der Waals surface area contributed by atoms with Crippen LogP contribution in [0.3, 0.4) is 0 Å². The predicted molar refractivity (Wildman–Crippen MR) is 118 cm³/mol. The number of anilines is 1. The van der Waals surface area contributed by atoms with Crippen LogP contribution in [-0.4, -0.2) is 30.5 Å². The lowest BCUT2D eigenvalue weighted by Gasteiger charge is -2.31. The largest absolute Gasteiger partial charge is 0.494 e. The van der Waals surface area contributed by atoms with Crippen LogP contribution in [0.4, 0.5) is 5.69 Å². The normalized spacial score (nSPS) is 15.5. The third-order valence-corrected chi connectivity index (χ3v) is 5.69. The summed E-state index contributed by atoms with van der Waals surface area (Å²) in [6.45, 7) is 7.53. The van der Waals surface area contributed by atoms with Crippen molar-refractivity contribution in [3.05, 3.63) is 57.2 Å². The standard InChI is InChI=1S/C22H27IN2O2/c1-3-27-20-6-4-5-17(14-20)15-25-11-9-18(10-12-25)22(26)24-21-8-7-19(23)13-16(21)2/h4-8,13-14,18H,3,9-12,15H2,1-2H3,(H,24,26). The zero-order valence-electron chi connectivity index (χ0n) is 16.0. The van der Waals surface area contributed by atoms with Crippen molar-refractivity contribution in [3.8, 4) is 5.75 Å². The van der Waals surface area contributed by atoms with E-state index in [2.05, 4.69) is 51.0 Å². The van der Waals surface area contributed by atoms with Crippen molar-refractivity contribution in [2.45, 2.75) is 33.2 Å². The highest BCUT2D eigenvalue weighted by atomic mass is 127. The van der Waals surface area contributed by atoms with E-state index in [-0.39, 0.29) is 11.8 Å². The molecule has 144 valence electrons. The minimum Gasteiger partial charge on any atom is -0.494 e. The molecule has 2 aromatic rings. The molecule has 1 N–H and O–H groups in total. The number of nitrogens with one attached hydrogen (secondary N) is 1. The minimum atomic E-state index is 0.0923. The third kappa shape index (κ3) is 5.69. The Morgan fingerprint density at radius 1 is 1.22 bits per heavy atom. The van der Waals surface area contributed by atoms with Gasteiger partial charge in [-0.3, -0.25) is 9.69 Å². The molecule has 1 amide bonds. The SMILES string of the molecule is CCOc1cccc(CN2CCC(C(=O)Nc3ccc(I)cc3C)CC2)c1. The first-order chi connectivity index (χ1) is 13.0. The van der Waals surface area contributed by atoms with E-state index in [9.17, 15) is 4.79 Å². The van der Waals surface area contributed by atoms with Crippen molar-refractivity contribution in [1.29, 1.82) is 0 Å². The summed E-state index contributed by atoms with van der Waals surface area (Å²) >= 11 is 2.29. The van der Waals surface area contributed by atoms with Gasteiger partial charge in [0.1, 0.15) is 5.75 Å². The maximum Gasteiger partial charge on any atom is 0.227 e. The number of piperidine rings is 1. The Labute approximate surface area is 175 Å². The molecule has 0 bridgehead atoms. The van der Waals surface area contributed by atoms with Gasteiger partial charge in [-0.05, 0) is 104 Å². The number of hydrogen-bond donors (Lipinski definition) is 1. The van der Waals surface area contributed by atoms with Gasteiger partial charge in [0.05, 0.1) is 6.61 Å². The second kappa shape index (κ2) is 9.55. The van der Waals surface area contributed by atoms with Gasteiger partial charge >= 0.3 is 0 Å². The zero-order chi connectivity index (χ0) is 19.2. The first-order valence-electron chi connectivity index (χ1n) is 9.56. The number of likely N-dealkylation sites (tertiary alicyclic amines) is 1.